The maximum atomic E-state index is 12.2. The number of halogens is 3. The first-order chi connectivity index (χ1) is 12.5. The van der Waals surface area contributed by atoms with Gasteiger partial charge in [0.2, 0.25) is 0 Å². The van der Waals surface area contributed by atoms with E-state index in [4.69, 9.17) is 0 Å². The van der Waals surface area contributed by atoms with Crippen LogP contribution in [0.1, 0.15) is 31.2 Å². The fraction of sp³-hybridized carbons (Fsp3) is 0.429. The SMILES string of the molecule is FC(F)(F)Oc1ccc(CCCC2CCN(c3ccccc3)CC2)cc1. The van der Waals surface area contributed by atoms with Gasteiger partial charge in [0.25, 0.3) is 0 Å². The van der Waals surface area contributed by atoms with Crippen molar-refractivity contribution >= 4 is 5.69 Å². The molecule has 1 fully saturated rings. The number of benzene rings is 2. The first-order valence-electron chi connectivity index (χ1n) is 9.14. The molecule has 0 amide bonds. The molecule has 2 nitrogen and oxygen atoms in total. The number of para-hydroxylation sites is 1. The van der Waals surface area contributed by atoms with Crippen molar-refractivity contribution in [3.63, 3.8) is 0 Å². The van der Waals surface area contributed by atoms with Crippen LogP contribution in [0.2, 0.25) is 0 Å². The molecule has 0 N–H and O–H groups in total. The van der Waals surface area contributed by atoms with Gasteiger partial charge in [0, 0.05) is 18.8 Å². The summed E-state index contributed by atoms with van der Waals surface area (Å²) < 4.78 is 40.4. The van der Waals surface area contributed by atoms with Gasteiger partial charge in [0.15, 0.2) is 0 Å². The van der Waals surface area contributed by atoms with Crippen LogP contribution < -0.4 is 9.64 Å². The van der Waals surface area contributed by atoms with Crippen LogP contribution in [0, 0.1) is 5.92 Å². The fourth-order valence-electron chi connectivity index (χ4n) is 3.57. The minimum atomic E-state index is -4.63. The zero-order chi connectivity index (χ0) is 18.4. The van der Waals surface area contributed by atoms with Crippen LogP contribution in [0.25, 0.3) is 0 Å². The lowest BCUT2D eigenvalue weighted by atomic mass is 9.90. The smallest absolute Gasteiger partial charge is 0.406 e. The van der Waals surface area contributed by atoms with Crippen LogP contribution in [-0.4, -0.2) is 19.5 Å². The Morgan fingerprint density at radius 3 is 2.19 bits per heavy atom. The number of aryl methyl sites for hydroxylation is 1. The Morgan fingerprint density at radius 2 is 1.58 bits per heavy atom. The molecule has 2 aromatic carbocycles. The Hall–Kier alpha value is -2.17. The van der Waals surface area contributed by atoms with Crippen LogP contribution in [-0.2, 0) is 6.42 Å². The summed E-state index contributed by atoms with van der Waals surface area (Å²) in [6.45, 7) is 2.19. The number of anilines is 1. The third kappa shape index (κ3) is 5.68. The average molecular weight is 363 g/mol. The van der Waals surface area contributed by atoms with Gasteiger partial charge >= 0.3 is 6.36 Å². The van der Waals surface area contributed by atoms with Crippen LogP contribution in [0.5, 0.6) is 5.75 Å². The van der Waals surface area contributed by atoms with Crippen LogP contribution >= 0.6 is 0 Å². The van der Waals surface area contributed by atoms with Crippen LogP contribution in [0.3, 0.4) is 0 Å². The lowest BCUT2D eigenvalue weighted by molar-refractivity contribution is -0.274. The second-order valence-electron chi connectivity index (χ2n) is 6.85. The maximum absolute atomic E-state index is 12.2. The highest BCUT2D eigenvalue weighted by Gasteiger charge is 2.30. The predicted octanol–water partition coefficient (Wildman–Crippen LogP) is 5.82. The van der Waals surface area contributed by atoms with E-state index < -0.39 is 6.36 Å². The van der Waals surface area contributed by atoms with Crippen LogP contribution in [0.4, 0.5) is 18.9 Å². The van der Waals surface area contributed by atoms with E-state index >= 15 is 0 Å². The molecule has 0 aromatic heterocycles. The molecule has 5 heteroatoms. The molecule has 1 aliphatic heterocycles. The van der Waals surface area contributed by atoms with Crippen molar-refractivity contribution in [2.75, 3.05) is 18.0 Å². The molecule has 1 aliphatic rings. The highest BCUT2D eigenvalue weighted by molar-refractivity contribution is 5.46. The number of ether oxygens (including phenoxy) is 1. The zero-order valence-electron chi connectivity index (χ0n) is 14.7. The van der Waals surface area contributed by atoms with Gasteiger partial charge < -0.3 is 9.64 Å². The lowest BCUT2D eigenvalue weighted by Gasteiger charge is -2.33. The van der Waals surface area contributed by atoms with E-state index in [1.54, 1.807) is 12.1 Å². The Morgan fingerprint density at radius 1 is 0.923 bits per heavy atom. The summed E-state index contributed by atoms with van der Waals surface area (Å²) in [5.41, 5.74) is 2.35. The van der Waals surface area contributed by atoms with Crippen molar-refractivity contribution in [1.82, 2.24) is 0 Å². The number of alkyl halides is 3. The maximum Gasteiger partial charge on any atom is 0.573 e. The van der Waals surface area contributed by atoms with Crippen molar-refractivity contribution in [3.05, 3.63) is 60.2 Å². The molecule has 0 bridgehead atoms. The predicted molar refractivity (Wildman–Crippen MR) is 97.4 cm³/mol. The van der Waals surface area contributed by atoms with Crippen molar-refractivity contribution in [2.45, 2.75) is 38.5 Å². The van der Waals surface area contributed by atoms with E-state index in [9.17, 15) is 13.2 Å². The first kappa shape index (κ1) is 18.6. The van der Waals surface area contributed by atoms with E-state index in [1.807, 2.05) is 6.07 Å². The molecule has 1 heterocycles. The van der Waals surface area contributed by atoms with Gasteiger partial charge in [0.05, 0.1) is 0 Å². The molecular weight excluding hydrogens is 339 g/mol. The van der Waals surface area contributed by atoms with E-state index in [0.29, 0.717) is 0 Å². The van der Waals surface area contributed by atoms with Gasteiger partial charge in [-0.3, -0.25) is 0 Å². The van der Waals surface area contributed by atoms with E-state index in [-0.39, 0.29) is 5.75 Å². The molecule has 26 heavy (non-hydrogen) atoms. The van der Waals surface area contributed by atoms with Gasteiger partial charge in [-0.2, -0.15) is 0 Å². The third-order valence-corrected chi connectivity index (χ3v) is 4.97. The molecular formula is C21H24F3NO. The van der Waals surface area contributed by atoms with E-state index in [1.165, 1.54) is 37.1 Å². The van der Waals surface area contributed by atoms with Crippen molar-refractivity contribution in [2.24, 2.45) is 5.92 Å². The van der Waals surface area contributed by atoms with E-state index in [2.05, 4.69) is 33.9 Å². The quantitative estimate of drug-likeness (QED) is 0.641. The van der Waals surface area contributed by atoms with Crippen LogP contribution in [0.15, 0.2) is 54.6 Å². The van der Waals surface area contributed by atoms with E-state index in [0.717, 1.165) is 37.4 Å². The molecule has 2 aromatic rings. The molecule has 3 rings (SSSR count). The summed E-state index contributed by atoms with van der Waals surface area (Å²) in [4.78, 5) is 2.44. The topological polar surface area (TPSA) is 12.5 Å². The Bertz CT molecular complexity index is 662. The second kappa shape index (κ2) is 8.47. The fourth-order valence-corrected chi connectivity index (χ4v) is 3.57. The van der Waals surface area contributed by atoms with Gasteiger partial charge in [-0.1, -0.05) is 30.3 Å². The normalized spacial score (nSPS) is 15.9. The monoisotopic (exact) mass is 363 g/mol. The van der Waals surface area contributed by atoms with Crippen molar-refractivity contribution in [1.29, 1.82) is 0 Å². The minimum absolute atomic E-state index is 0.158. The molecule has 0 saturated carbocycles. The third-order valence-electron chi connectivity index (χ3n) is 4.97. The first-order valence-corrected chi connectivity index (χ1v) is 9.14. The Labute approximate surface area is 152 Å². The van der Waals surface area contributed by atoms with Crippen molar-refractivity contribution < 1.29 is 17.9 Å². The summed E-state index contributed by atoms with van der Waals surface area (Å²) in [5.74, 6) is 0.581. The number of hydrogen-bond acceptors (Lipinski definition) is 2. The minimum Gasteiger partial charge on any atom is -0.406 e. The molecule has 0 radical (unpaired) electrons. The Balaban J connectivity index is 1.38. The number of nitrogens with zero attached hydrogens (tertiary/aromatic N) is 1. The molecule has 0 atom stereocenters. The number of rotatable bonds is 6. The van der Waals surface area contributed by atoms with Gasteiger partial charge in [-0.15, -0.1) is 13.2 Å². The van der Waals surface area contributed by atoms with Gasteiger partial charge in [-0.25, -0.2) is 0 Å². The lowest BCUT2D eigenvalue weighted by Crippen LogP contribution is -2.33. The molecule has 0 aliphatic carbocycles. The molecule has 1 saturated heterocycles. The summed E-state index contributed by atoms with van der Waals surface area (Å²) >= 11 is 0. The second-order valence-corrected chi connectivity index (χ2v) is 6.85. The average Bonchev–Trinajstić information content (AvgIpc) is 2.63. The summed E-state index contributed by atoms with van der Waals surface area (Å²) in [6.07, 6.45) is 0.904. The Kier molecular flexibility index (Phi) is 6.07. The van der Waals surface area contributed by atoms with Gasteiger partial charge in [0.1, 0.15) is 5.75 Å². The number of hydrogen-bond donors (Lipinski definition) is 0. The largest absolute Gasteiger partial charge is 0.573 e. The molecule has 0 unspecified atom stereocenters. The van der Waals surface area contributed by atoms with Gasteiger partial charge in [-0.05, 0) is 67.9 Å². The zero-order valence-corrected chi connectivity index (χ0v) is 14.7. The highest BCUT2D eigenvalue weighted by Crippen LogP contribution is 2.27. The summed E-state index contributed by atoms with van der Waals surface area (Å²) in [7, 11) is 0. The number of piperidine rings is 1. The molecule has 140 valence electrons. The highest BCUT2D eigenvalue weighted by atomic mass is 19.4. The van der Waals surface area contributed by atoms with Crippen molar-refractivity contribution in [3.8, 4) is 5.75 Å². The summed E-state index contributed by atoms with van der Waals surface area (Å²) in [5, 5.41) is 0. The standard InChI is InChI=1S/C21H24F3NO/c22-21(23,24)26-20-11-9-17(10-12-20)5-4-6-18-13-15-25(16-14-18)19-7-2-1-3-8-19/h1-3,7-12,18H,4-6,13-16H2. The molecule has 0 spiro atoms. The summed E-state index contributed by atoms with van der Waals surface area (Å²) in [6, 6.07) is 16.7.